The van der Waals surface area contributed by atoms with Gasteiger partial charge in [0, 0.05) is 0 Å². The van der Waals surface area contributed by atoms with E-state index in [0.717, 1.165) is 12.3 Å². The standard InChI is InChI=1S/C11H20O.C8H16.CH4/c1-8-5-6-9-10(12)4-3-7-11(8,9)2;1-7(2)5-6-8(3)4;/h8-10,12H,3-7H2,1-2H3;5-8H,1-4H3;1H4/b;6-5-;. The molecule has 0 aromatic rings. The summed E-state index contributed by atoms with van der Waals surface area (Å²) in [5, 5.41) is 9.86. The summed E-state index contributed by atoms with van der Waals surface area (Å²) in [7, 11) is 0. The van der Waals surface area contributed by atoms with Crippen molar-refractivity contribution in [2.75, 3.05) is 0 Å². The largest absolute Gasteiger partial charge is 0.393 e. The Labute approximate surface area is 134 Å². The first-order valence-corrected chi connectivity index (χ1v) is 8.63. The first-order chi connectivity index (χ1) is 9.27. The highest BCUT2D eigenvalue weighted by molar-refractivity contribution is 4.98. The Bertz CT molecular complexity index is 295. The molecular formula is C20H40O. The quantitative estimate of drug-likeness (QED) is 0.613. The predicted molar refractivity (Wildman–Crippen MR) is 95.4 cm³/mol. The summed E-state index contributed by atoms with van der Waals surface area (Å²) >= 11 is 0. The van der Waals surface area contributed by atoms with E-state index in [4.69, 9.17) is 0 Å². The lowest BCUT2D eigenvalue weighted by Crippen LogP contribution is -2.38. The van der Waals surface area contributed by atoms with E-state index in [-0.39, 0.29) is 13.5 Å². The maximum Gasteiger partial charge on any atom is 0.0573 e. The topological polar surface area (TPSA) is 20.2 Å². The Morgan fingerprint density at radius 3 is 1.95 bits per heavy atom. The van der Waals surface area contributed by atoms with Crippen molar-refractivity contribution in [2.24, 2.45) is 29.1 Å². The Morgan fingerprint density at radius 2 is 1.52 bits per heavy atom. The van der Waals surface area contributed by atoms with Crippen molar-refractivity contribution in [3.63, 3.8) is 0 Å². The molecule has 4 atom stereocenters. The van der Waals surface area contributed by atoms with Crippen LogP contribution in [0.5, 0.6) is 0 Å². The molecule has 2 aliphatic rings. The molecule has 0 bridgehead atoms. The number of rotatable bonds is 2. The van der Waals surface area contributed by atoms with E-state index in [1.807, 2.05) is 0 Å². The van der Waals surface area contributed by atoms with Crippen molar-refractivity contribution in [1.29, 1.82) is 0 Å². The normalized spacial score (nSPS) is 35.4. The fourth-order valence-corrected chi connectivity index (χ4v) is 3.86. The summed E-state index contributed by atoms with van der Waals surface area (Å²) in [6.07, 6.45) is 10.7. The van der Waals surface area contributed by atoms with Crippen molar-refractivity contribution in [1.82, 2.24) is 0 Å². The highest BCUT2D eigenvalue weighted by atomic mass is 16.3. The van der Waals surface area contributed by atoms with Gasteiger partial charge in [-0.2, -0.15) is 0 Å². The van der Waals surface area contributed by atoms with Gasteiger partial charge in [0.25, 0.3) is 0 Å². The Balaban J connectivity index is 0.000000397. The number of aliphatic hydroxyl groups is 1. The molecule has 0 spiro atoms. The third-order valence-electron chi connectivity index (χ3n) is 5.44. The summed E-state index contributed by atoms with van der Waals surface area (Å²) < 4.78 is 0. The lowest BCUT2D eigenvalue weighted by Gasteiger charge is -2.42. The highest BCUT2D eigenvalue weighted by Crippen LogP contribution is 2.55. The molecular weight excluding hydrogens is 256 g/mol. The van der Waals surface area contributed by atoms with E-state index in [9.17, 15) is 5.11 Å². The van der Waals surface area contributed by atoms with E-state index in [1.54, 1.807) is 0 Å². The number of fused-ring (bicyclic) bond motifs is 1. The Kier molecular flexibility index (Phi) is 8.85. The van der Waals surface area contributed by atoms with Crippen LogP contribution in [0.3, 0.4) is 0 Å². The smallest absolute Gasteiger partial charge is 0.0573 e. The molecule has 2 fully saturated rings. The van der Waals surface area contributed by atoms with Gasteiger partial charge in [0.2, 0.25) is 0 Å². The van der Waals surface area contributed by atoms with Crippen LogP contribution in [0.1, 0.15) is 81.1 Å². The van der Waals surface area contributed by atoms with E-state index >= 15 is 0 Å². The second kappa shape index (κ2) is 8.98. The van der Waals surface area contributed by atoms with Gasteiger partial charge >= 0.3 is 0 Å². The average Bonchev–Trinajstić information content (AvgIpc) is 2.65. The molecule has 1 N–H and O–H groups in total. The summed E-state index contributed by atoms with van der Waals surface area (Å²) in [4.78, 5) is 0. The van der Waals surface area contributed by atoms with Gasteiger partial charge < -0.3 is 5.11 Å². The molecule has 0 aliphatic heterocycles. The molecule has 4 unspecified atom stereocenters. The summed E-state index contributed by atoms with van der Waals surface area (Å²) in [5.74, 6) is 2.86. The van der Waals surface area contributed by atoms with Crippen molar-refractivity contribution in [3.05, 3.63) is 12.2 Å². The van der Waals surface area contributed by atoms with Crippen molar-refractivity contribution in [2.45, 2.75) is 87.2 Å². The van der Waals surface area contributed by atoms with Crippen molar-refractivity contribution in [3.8, 4) is 0 Å². The fourth-order valence-electron chi connectivity index (χ4n) is 3.86. The van der Waals surface area contributed by atoms with Crippen LogP contribution in [0, 0.1) is 29.1 Å². The fraction of sp³-hybridized carbons (Fsp3) is 0.900. The maximum atomic E-state index is 9.86. The van der Waals surface area contributed by atoms with Gasteiger partial charge in [-0.25, -0.2) is 0 Å². The van der Waals surface area contributed by atoms with E-state index in [2.05, 4.69) is 53.7 Å². The second-order valence-corrected chi connectivity index (χ2v) is 7.92. The van der Waals surface area contributed by atoms with Gasteiger partial charge in [0.05, 0.1) is 6.10 Å². The summed E-state index contributed by atoms with van der Waals surface area (Å²) in [6, 6.07) is 0. The van der Waals surface area contributed by atoms with E-state index < -0.39 is 0 Å². The molecule has 0 radical (unpaired) electrons. The first-order valence-electron chi connectivity index (χ1n) is 8.63. The Hall–Kier alpha value is -0.300. The zero-order chi connectivity index (χ0) is 15.3. The van der Waals surface area contributed by atoms with Crippen LogP contribution in [0.4, 0.5) is 0 Å². The molecule has 21 heavy (non-hydrogen) atoms. The molecule has 0 aromatic heterocycles. The number of hydrogen-bond donors (Lipinski definition) is 1. The van der Waals surface area contributed by atoms with Gasteiger partial charge in [-0.15, -0.1) is 0 Å². The zero-order valence-corrected chi connectivity index (χ0v) is 14.5. The van der Waals surface area contributed by atoms with Gasteiger partial charge in [-0.05, 0) is 54.8 Å². The molecule has 1 heteroatoms. The van der Waals surface area contributed by atoms with Crippen LogP contribution in [0.15, 0.2) is 12.2 Å². The van der Waals surface area contributed by atoms with Crippen LogP contribution in [-0.4, -0.2) is 11.2 Å². The molecule has 2 aliphatic carbocycles. The SMILES string of the molecule is C.CC(C)/C=C\C(C)C.CC1CCC2C(O)CCCC12C. The third kappa shape index (κ3) is 5.77. The Morgan fingerprint density at radius 1 is 1.00 bits per heavy atom. The van der Waals surface area contributed by atoms with Crippen molar-refractivity contribution < 1.29 is 5.11 Å². The van der Waals surface area contributed by atoms with Crippen LogP contribution in [-0.2, 0) is 0 Å². The van der Waals surface area contributed by atoms with Gasteiger partial charge in [-0.1, -0.05) is 67.5 Å². The van der Waals surface area contributed by atoms with Gasteiger partial charge in [-0.3, -0.25) is 0 Å². The minimum absolute atomic E-state index is 0. The molecule has 2 rings (SSSR count). The highest BCUT2D eigenvalue weighted by Gasteiger charge is 2.48. The van der Waals surface area contributed by atoms with Crippen LogP contribution in [0.2, 0.25) is 0 Å². The van der Waals surface area contributed by atoms with E-state index in [1.165, 1.54) is 25.7 Å². The molecule has 0 amide bonds. The molecule has 0 aromatic carbocycles. The van der Waals surface area contributed by atoms with Crippen LogP contribution >= 0.6 is 0 Å². The minimum Gasteiger partial charge on any atom is -0.393 e. The zero-order valence-electron chi connectivity index (χ0n) is 14.5. The predicted octanol–water partition coefficient (Wildman–Crippen LogP) is 6.07. The van der Waals surface area contributed by atoms with Crippen LogP contribution in [0.25, 0.3) is 0 Å². The number of allylic oxidation sites excluding steroid dienone is 2. The monoisotopic (exact) mass is 296 g/mol. The molecule has 0 saturated heterocycles. The molecule has 126 valence electrons. The van der Waals surface area contributed by atoms with Gasteiger partial charge in [0.1, 0.15) is 0 Å². The molecule has 2 saturated carbocycles. The molecule has 0 heterocycles. The minimum atomic E-state index is 0. The summed E-state index contributed by atoms with van der Waals surface area (Å²) in [6.45, 7) is 13.5. The van der Waals surface area contributed by atoms with Gasteiger partial charge in [0.15, 0.2) is 0 Å². The third-order valence-corrected chi connectivity index (χ3v) is 5.44. The maximum absolute atomic E-state index is 9.86. The number of aliphatic hydroxyl groups excluding tert-OH is 1. The average molecular weight is 297 g/mol. The first kappa shape index (κ1) is 20.7. The second-order valence-electron chi connectivity index (χ2n) is 7.92. The van der Waals surface area contributed by atoms with Crippen molar-refractivity contribution >= 4 is 0 Å². The summed E-state index contributed by atoms with van der Waals surface area (Å²) in [5.41, 5.74) is 0.470. The van der Waals surface area contributed by atoms with E-state index in [0.29, 0.717) is 23.2 Å². The lowest BCUT2D eigenvalue weighted by molar-refractivity contribution is -0.0137. The lowest BCUT2D eigenvalue weighted by atomic mass is 9.65. The number of hydrogen-bond acceptors (Lipinski definition) is 1. The molecule has 1 nitrogen and oxygen atoms in total. The van der Waals surface area contributed by atoms with Crippen LogP contribution < -0.4 is 0 Å².